The van der Waals surface area contributed by atoms with Crippen LogP contribution in [0.3, 0.4) is 0 Å². The van der Waals surface area contributed by atoms with Crippen molar-refractivity contribution in [1.29, 1.82) is 0 Å². The van der Waals surface area contributed by atoms with Crippen LogP contribution >= 0.6 is 0 Å². The van der Waals surface area contributed by atoms with Gasteiger partial charge < -0.3 is 5.11 Å². The van der Waals surface area contributed by atoms with Crippen molar-refractivity contribution < 1.29 is 9.90 Å². The van der Waals surface area contributed by atoms with Crippen LogP contribution in [0, 0.1) is 17.8 Å². The molecular weight excluding hydrogens is 214 g/mol. The van der Waals surface area contributed by atoms with Crippen molar-refractivity contribution in [1.82, 2.24) is 4.90 Å². The number of nitrogens with zero attached hydrogens (tertiary/aromatic N) is 1. The summed E-state index contributed by atoms with van der Waals surface area (Å²) in [5.41, 5.74) is -0.700. The van der Waals surface area contributed by atoms with Gasteiger partial charge in [0.2, 0.25) is 0 Å². The van der Waals surface area contributed by atoms with Crippen molar-refractivity contribution in [2.45, 2.75) is 52.0 Å². The van der Waals surface area contributed by atoms with Gasteiger partial charge in [-0.2, -0.15) is 0 Å². The predicted molar refractivity (Wildman–Crippen MR) is 70.0 cm³/mol. The molecule has 3 unspecified atom stereocenters. The zero-order chi connectivity index (χ0) is 13.2. The first-order valence-electron chi connectivity index (χ1n) is 6.74. The van der Waals surface area contributed by atoms with Crippen molar-refractivity contribution in [3.8, 4) is 0 Å². The Morgan fingerprint density at radius 2 is 1.94 bits per heavy atom. The number of rotatable bonds is 4. The van der Waals surface area contributed by atoms with E-state index in [1.807, 2.05) is 32.8 Å². The summed E-state index contributed by atoms with van der Waals surface area (Å²) >= 11 is 0. The van der Waals surface area contributed by atoms with Crippen molar-refractivity contribution in [2.24, 2.45) is 17.8 Å². The summed E-state index contributed by atoms with van der Waals surface area (Å²) in [6.07, 6.45) is 4.51. The van der Waals surface area contributed by atoms with Gasteiger partial charge >= 0.3 is 5.97 Å². The van der Waals surface area contributed by atoms with Gasteiger partial charge in [0.25, 0.3) is 0 Å². The number of carboxylic acid groups (broad SMARTS) is 1. The number of carbonyl (C=O) groups is 1. The minimum atomic E-state index is -0.700. The molecular formula is C14H27NO2. The topological polar surface area (TPSA) is 40.5 Å². The summed E-state index contributed by atoms with van der Waals surface area (Å²) in [5.74, 6) is 0.409. The maximum Gasteiger partial charge on any atom is 0.324 e. The van der Waals surface area contributed by atoms with Crippen molar-refractivity contribution in [3.05, 3.63) is 0 Å². The van der Waals surface area contributed by atoms with E-state index >= 15 is 0 Å². The van der Waals surface area contributed by atoms with Gasteiger partial charge in [0, 0.05) is 0 Å². The number of hydrogen-bond acceptors (Lipinski definition) is 2. The normalized spacial score (nSPS) is 29.4. The lowest BCUT2D eigenvalue weighted by atomic mass is 9.66. The van der Waals surface area contributed by atoms with Crippen LogP contribution in [0.1, 0.15) is 46.5 Å². The van der Waals surface area contributed by atoms with Crippen LogP contribution in [0.15, 0.2) is 0 Å². The molecule has 0 amide bonds. The van der Waals surface area contributed by atoms with Gasteiger partial charge in [-0.1, -0.05) is 33.6 Å². The molecule has 100 valence electrons. The fraction of sp³-hybridized carbons (Fsp3) is 0.929. The van der Waals surface area contributed by atoms with Crippen LogP contribution in [-0.4, -0.2) is 35.6 Å². The molecule has 0 aromatic heterocycles. The maximum absolute atomic E-state index is 11.9. The summed E-state index contributed by atoms with van der Waals surface area (Å²) in [6.45, 7) is 6.32. The van der Waals surface area contributed by atoms with Crippen LogP contribution in [0.25, 0.3) is 0 Å². The largest absolute Gasteiger partial charge is 0.480 e. The summed E-state index contributed by atoms with van der Waals surface area (Å²) in [4.78, 5) is 13.8. The minimum absolute atomic E-state index is 0.130. The molecule has 0 saturated heterocycles. The second kappa shape index (κ2) is 5.38. The highest BCUT2D eigenvalue weighted by molar-refractivity contribution is 5.79. The van der Waals surface area contributed by atoms with Crippen LogP contribution < -0.4 is 0 Å². The zero-order valence-corrected chi connectivity index (χ0v) is 11.9. The minimum Gasteiger partial charge on any atom is -0.480 e. The van der Waals surface area contributed by atoms with Gasteiger partial charge in [0.1, 0.15) is 5.54 Å². The first kappa shape index (κ1) is 14.5. The summed E-state index contributed by atoms with van der Waals surface area (Å²) in [6, 6.07) is 0. The van der Waals surface area contributed by atoms with E-state index in [1.165, 1.54) is 12.8 Å². The molecule has 1 fully saturated rings. The Balaban J connectivity index is 3.07. The van der Waals surface area contributed by atoms with Crippen LogP contribution in [0.2, 0.25) is 0 Å². The van der Waals surface area contributed by atoms with Crippen LogP contribution in [0.5, 0.6) is 0 Å². The molecule has 1 rings (SSSR count). The Morgan fingerprint density at radius 1 is 1.35 bits per heavy atom. The SMILES string of the molecule is CC1CCCC(C(C(=O)O)(C(C)C)N(C)C)C1. The Labute approximate surface area is 105 Å². The van der Waals surface area contributed by atoms with E-state index in [9.17, 15) is 9.90 Å². The molecule has 0 spiro atoms. The lowest BCUT2D eigenvalue weighted by molar-refractivity contribution is -0.159. The molecule has 0 radical (unpaired) electrons. The Morgan fingerprint density at radius 3 is 2.29 bits per heavy atom. The third-order valence-corrected chi connectivity index (χ3v) is 4.52. The molecule has 1 N–H and O–H groups in total. The molecule has 1 aliphatic rings. The number of carboxylic acids is 1. The molecule has 0 aliphatic heterocycles. The van der Waals surface area contributed by atoms with E-state index < -0.39 is 11.5 Å². The van der Waals surface area contributed by atoms with E-state index in [-0.39, 0.29) is 11.8 Å². The van der Waals surface area contributed by atoms with Gasteiger partial charge in [-0.25, -0.2) is 0 Å². The molecule has 1 saturated carbocycles. The molecule has 1 aliphatic carbocycles. The molecule has 3 heteroatoms. The smallest absolute Gasteiger partial charge is 0.324 e. The van der Waals surface area contributed by atoms with E-state index in [0.29, 0.717) is 5.92 Å². The standard InChI is InChI=1S/C14H27NO2/c1-10(2)14(13(16)17,15(4)5)12-8-6-7-11(3)9-12/h10-12H,6-9H2,1-5H3,(H,16,17). The lowest BCUT2D eigenvalue weighted by Crippen LogP contribution is -2.61. The van der Waals surface area contributed by atoms with Crippen molar-refractivity contribution >= 4 is 5.97 Å². The first-order chi connectivity index (χ1) is 7.83. The molecule has 0 bridgehead atoms. The summed E-state index contributed by atoms with van der Waals surface area (Å²) < 4.78 is 0. The van der Waals surface area contributed by atoms with Gasteiger partial charge in [0.15, 0.2) is 0 Å². The van der Waals surface area contributed by atoms with Crippen molar-refractivity contribution in [3.63, 3.8) is 0 Å². The lowest BCUT2D eigenvalue weighted by Gasteiger charge is -2.47. The van der Waals surface area contributed by atoms with E-state index in [0.717, 1.165) is 12.8 Å². The Bertz CT molecular complexity index is 265. The van der Waals surface area contributed by atoms with E-state index in [1.54, 1.807) is 0 Å². The molecule has 17 heavy (non-hydrogen) atoms. The van der Waals surface area contributed by atoms with Gasteiger partial charge in [-0.05, 0) is 44.7 Å². The quantitative estimate of drug-likeness (QED) is 0.822. The first-order valence-corrected chi connectivity index (χ1v) is 6.74. The molecule has 3 nitrogen and oxygen atoms in total. The average molecular weight is 241 g/mol. The molecule has 0 aromatic carbocycles. The van der Waals surface area contributed by atoms with E-state index in [4.69, 9.17) is 0 Å². The summed E-state index contributed by atoms with van der Waals surface area (Å²) in [7, 11) is 3.82. The third kappa shape index (κ3) is 2.49. The molecule has 3 atom stereocenters. The van der Waals surface area contributed by atoms with Crippen LogP contribution in [-0.2, 0) is 4.79 Å². The van der Waals surface area contributed by atoms with Gasteiger partial charge in [-0.15, -0.1) is 0 Å². The molecule has 0 aromatic rings. The van der Waals surface area contributed by atoms with E-state index in [2.05, 4.69) is 6.92 Å². The fourth-order valence-electron chi connectivity index (χ4n) is 3.80. The number of likely N-dealkylation sites (N-methyl/N-ethyl adjacent to an activating group) is 1. The number of aliphatic carboxylic acids is 1. The maximum atomic E-state index is 11.9. The zero-order valence-electron chi connectivity index (χ0n) is 11.9. The Kier molecular flexibility index (Phi) is 4.59. The third-order valence-electron chi connectivity index (χ3n) is 4.52. The van der Waals surface area contributed by atoms with Gasteiger partial charge in [-0.3, -0.25) is 9.69 Å². The van der Waals surface area contributed by atoms with Crippen LogP contribution in [0.4, 0.5) is 0 Å². The summed E-state index contributed by atoms with van der Waals surface area (Å²) in [5, 5.41) is 9.76. The predicted octanol–water partition coefficient (Wildman–Crippen LogP) is 2.85. The van der Waals surface area contributed by atoms with Crippen molar-refractivity contribution in [2.75, 3.05) is 14.1 Å². The Hall–Kier alpha value is -0.570. The highest BCUT2D eigenvalue weighted by Gasteiger charge is 2.50. The second-order valence-electron chi connectivity index (χ2n) is 6.15. The average Bonchev–Trinajstić information content (AvgIpc) is 2.16. The van der Waals surface area contributed by atoms with Gasteiger partial charge in [0.05, 0.1) is 0 Å². The second-order valence-corrected chi connectivity index (χ2v) is 6.15. The fourth-order valence-corrected chi connectivity index (χ4v) is 3.80. The number of hydrogen-bond donors (Lipinski definition) is 1. The monoisotopic (exact) mass is 241 g/mol. The highest BCUT2D eigenvalue weighted by atomic mass is 16.4. The highest BCUT2D eigenvalue weighted by Crippen LogP contribution is 2.42. The molecule has 0 heterocycles.